The predicted octanol–water partition coefficient (Wildman–Crippen LogP) is 4.24. The molecule has 2 N–H and O–H groups in total. The van der Waals surface area contributed by atoms with Gasteiger partial charge in [-0.1, -0.05) is 18.2 Å². The summed E-state index contributed by atoms with van der Waals surface area (Å²) >= 11 is 0. The van der Waals surface area contributed by atoms with Crippen molar-refractivity contribution in [2.24, 2.45) is 0 Å². The van der Waals surface area contributed by atoms with Crippen LogP contribution in [0, 0.1) is 10.1 Å². The highest BCUT2D eigenvalue weighted by Gasteiger charge is 2.38. The summed E-state index contributed by atoms with van der Waals surface area (Å²) < 4.78 is 51.9. The molecule has 3 aliphatic heterocycles. The largest absolute Gasteiger partial charge is 0.490 e. The van der Waals surface area contributed by atoms with E-state index in [1.165, 1.54) is 17.3 Å². The Kier molecular flexibility index (Phi) is 11.5. The number of ether oxygens (including phenoxy) is 3. The lowest BCUT2D eigenvalue weighted by molar-refractivity contribution is -0.389. The number of fused-ring (bicyclic) bond motifs is 2. The second-order valence-corrected chi connectivity index (χ2v) is 9.03. The lowest BCUT2D eigenvalue weighted by Crippen LogP contribution is -2.31. The van der Waals surface area contributed by atoms with E-state index in [0.717, 1.165) is 38.2 Å². The van der Waals surface area contributed by atoms with Crippen LogP contribution in [-0.4, -0.2) is 67.1 Å². The number of hydrogen-bond acceptors (Lipinski definition) is 9. The highest BCUT2D eigenvalue weighted by atomic mass is 35.5. The molecule has 3 aromatic rings. The molecular weight excluding hydrogens is 601 g/mol. The number of aryl methyl sites for hydroxylation is 1. The molecule has 17 heteroatoms. The Morgan fingerprint density at radius 1 is 1.23 bits per heavy atom. The number of halogens is 4. The number of imidazole rings is 2. The van der Waals surface area contributed by atoms with Crippen molar-refractivity contribution in [1.82, 2.24) is 24.4 Å². The van der Waals surface area contributed by atoms with Crippen LogP contribution >= 0.6 is 12.4 Å². The predicted molar refractivity (Wildman–Crippen MR) is 148 cm³/mol. The van der Waals surface area contributed by atoms with Crippen molar-refractivity contribution < 1.29 is 42.2 Å². The van der Waals surface area contributed by atoms with Crippen LogP contribution < -0.4 is 19.5 Å². The third-order valence-electron chi connectivity index (χ3n) is 6.09. The van der Waals surface area contributed by atoms with Gasteiger partial charge in [0, 0.05) is 43.4 Å². The molecule has 2 aromatic heterocycles. The molecule has 1 atom stereocenters. The van der Waals surface area contributed by atoms with Gasteiger partial charge in [0.1, 0.15) is 24.7 Å². The molecule has 0 fully saturated rings. The summed E-state index contributed by atoms with van der Waals surface area (Å²) in [6.45, 7) is 3.81. The highest BCUT2D eigenvalue weighted by Crippen LogP contribution is 2.26. The Morgan fingerprint density at radius 3 is 2.60 bits per heavy atom. The Labute approximate surface area is 249 Å². The van der Waals surface area contributed by atoms with Gasteiger partial charge in [0.2, 0.25) is 0 Å². The van der Waals surface area contributed by atoms with Crippen LogP contribution in [-0.2, 0) is 17.9 Å². The van der Waals surface area contributed by atoms with Crippen molar-refractivity contribution >= 4 is 29.8 Å². The van der Waals surface area contributed by atoms with Crippen LogP contribution in [0.15, 0.2) is 61.3 Å². The van der Waals surface area contributed by atoms with E-state index in [9.17, 15) is 23.3 Å². The fourth-order valence-electron chi connectivity index (χ4n) is 3.99. The van der Waals surface area contributed by atoms with Gasteiger partial charge < -0.3 is 34.7 Å². The number of aliphatic carboxylic acids is 1. The molecular formula is C26H28ClF3N6O7. The normalized spacial score (nSPS) is 16.5. The summed E-state index contributed by atoms with van der Waals surface area (Å²) in [5.74, 6) is -2.16. The summed E-state index contributed by atoms with van der Waals surface area (Å²) in [6.07, 6.45) is 7.33. The molecule has 0 radical (unpaired) electrons. The van der Waals surface area contributed by atoms with Gasteiger partial charge in [-0.15, -0.1) is 12.4 Å². The molecule has 0 spiro atoms. The molecule has 1 aromatic carbocycles. The van der Waals surface area contributed by atoms with E-state index in [0.29, 0.717) is 19.2 Å². The summed E-state index contributed by atoms with van der Waals surface area (Å²) in [5, 5.41) is 21.2. The van der Waals surface area contributed by atoms with Crippen molar-refractivity contribution in [1.29, 1.82) is 0 Å². The van der Waals surface area contributed by atoms with Crippen LogP contribution in [0.25, 0.3) is 5.57 Å². The minimum Gasteiger partial charge on any atom is -0.490 e. The third kappa shape index (κ3) is 9.47. The Hall–Kier alpha value is -4.57. The number of carboxylic acids is 1. The number of hydrogen-bond donors (Lipinski definition) is 2. The van der Waals surface area contributed by atoms with Crippen LogP contribution in [0.3, 0.4) is 0 Å². The number of nitrogens with zero attached hydrogens (tertiary/aromatic N) is 5. The summed E-state index contributed by atoms with van der Waals surface area (Å²) in [6, 6.07) is 9.04. The standard InChI is InChI=1S/C18H20N4O4.C6H6N2O.C2HF3O2.ClH/c23-22(24)17-11-21-10-7-16(26-18(21)20-17)12-25-15-3-1-13(2-4-15)14-5-8-19-9-6-14;1-3-8-4-2-7-6(8)9-5-1;3-2(4,5)1(6)7;/h1-5,11,16,19H,6-10,12H2;1-2,4-5H,3H2;(H,6,7);1H/t16-;;;/m1.../s1. The monoisotopic (exact) mass is 628 g/mol. The van der Waals surface area contributed by atoms with Crippen molar-refractivity contribution in [3.8, 4) is 17.8 Å². The SMILES string of the molecule is C1=COc2nccn2C1.Cl.O=C(O)C(F)(F)F.O=[N+]([O-])c1cn2c(n1)O[C@@H](COc1ccc(C3=CCNCC3)cc1)CC2. The van der Waals surface area contributed by atoms with Crippen molar-refractivity contribution in [2.75, 3.05) is 19.7 Å². The third-order valence-corrected chi connectivity index (χ3v) is 6.09. The molecule has 43 heavy (non-hydrogen) atoms. The maximum atomic E-state index is 10.8. The van der Waals surface area contributed by atoms with Crippen LogP contribution in [0.5, 0.6) is 17.8 Å². The second-order valence-electron chi connectivity index (χ2n) is 9.03. The van der Waals surface area contributed by atoms with E-state index in [-0.39, 0.29) is 30.3 Å². The number of aromatic nitrogens is 4. The van der Waals surface area contributed by atoms with E-state index in [2.05, 4.69) is 33.5 Å². The van der Waals surface area contributed by atoms with Gasteiger partial charge in [-0.25, -0.2) is 9.78 Å². The molecule has 0 saturated carbocycles. The number of benzene rings is 1. The lowest BCUT2D eigenvalue weighted by atomic mass is 10.0. The fraction of sp³-hybridized carbons (Fsp3) is 0.346. The van der Waals surface area contributed by atoms with Gasteiger partial charge in [-0.05, 0) is 47.2 Å². The van der Waals surface area contributed by atoms with Gasteiger partial charge in [-0.2, -0.15) is 13.2 Å². The summed E-state index contributed by atoms with van der Waals surface area (Å²) in [4.78, 5) is 27.0. The molecule has 5 heterocycles. The number of nitro groups is 1. The van der Waals surface area contributed by atoms with E-state index in [1.807, 2.05) is 29.0 Å². The zero-order valence-corrected chi connectivity index (χ0v) is 23.3. The quantitative estimate of drug-likeness (QED) is 0.309. The summed E-state index contributed by atoms with van der Waals surface area (Å²) in [7, 11) is 0. The van der Waals surface area contributed by atoms with E-state index in [1.54, 1.807) is 17.0 Å². The highest BCUT2D eigenvalue weighted by molar-refractivity contribution is 5.85. The van der Waals surface area contributed by atoms with Crippen molar-refractivity contribution in [2.45, 2.75) is 38.2 Å². The second kappa shape index (κ2) is 15.1. The first-order chi connectivity index (χ1) is 20.1. The van der Waals surface area contributed by atoms with Crippen LogP contribution in [0.2, 0.25) is 0 Å². The number of nitrogens with one attached hydrogen (secondary N) is 1. The molecule has 0 saturated heterocycles. The first kappa shape index (κ1) is 32.9. The number of rotatable bonds is 5. The summed E-state index contributed by atoms with van der Waals surface area (Å²) in [5.41, 5.74) is 2.58. The first-order valence-corrected chi connectivity index (χ1v) is 12.7. The number of alkyl halides is 3. The number of allylic oxidation sites excluding steroid dienone is 1. The molecule has 232 valence electrons. The zero-order chi connectivity index (χ0) is 30.1. The van der Waals surface area contributed by atoms with Crippen molar-refractivity contribution in [3.05, 3.63) is 76.9 Å². The minimum atomic E-state index is -5.08. The first-order valence-electron chi connectivity index (χ1n) is 12.7. The molecule has 13 nitrogen and oxygen atoms in total. The van der Waals surface area contributed by atoms with Gasteiger partial charge in [0.15, 0.2) is 0 Å². The van der Waals surface area contributed by atoms with Gasteiger partial charge in [0.25, 0.3) is 0 Å². The Morgan fingerprint density at radius 2 is 1.98 bits per heavy atom. The molecule has 0 unspecified atom stereocenters. The number of carbonyl (C=O) groups is 1. The van der Waals surface area contributed by atoms with Gasteiger partial charge in [-0.3, -0.25) is 9.13 Å². The Bertz CT molecular complexity index is 1420. The number of carboxylic acid groups (broad SMARTS) is 1. The van der Waals surface area contributed by atoms with Gasteiger partial charge in [0.05, 0.1) is 6.26 Å². The topological polar surface area (TPSA) is 156 Å². The van der Waals surface area contributed by atoms with Crippen LogP contribution in [0.4, 0.5) is 19.0 Å². The van der Waals surface area contributed by atoms with Gasteiger partial charge >= 0.3 is 30.0 Å². The lowest BCUT2D eigenvalue weighted by Gasteiger charge is -2.22. The molecule has 3 aliphatic rings. The van der Waals surface area contributed by atoms with E-state index < -0.39 is 17.1 Å². The smallest absolute Gasteiger partial charge is 0.490 e. The maximum absolute atomic E-state index is 10.8. The Balaban J connectivity index is 0.000000244. The molecule has 0 aliphatic carbocycles. The molecule has 0 amide bonds. The maximum Gasteiger partial charge on any atom is 0.490 e. The minimum absolute atomic E-state index is 0. The molecule has 0 bridgehead atoms. The average Bonchev–Trinajstić information content (AvgIpc) is 3.64. The molecule has 6 rings (SSSR count). The fourth-order valence-corrected chi connectivity index (χ4v) is 3.99. The van der Waals surface area contributed by atoms with Crippen molar-refractivity contribution in [3.63, 3.8) is 0 Å². The zero-order valence-electron chi connectivity index (χ0n) is 22.5. The van der Waals surface area contributed by atoms with E-state index >= 15 is 0 Å². The van der Waals surface area contributed by atoms with E-state index in [4.69, 9.17) is 24.1 Å². The average molecular weight is 629 g/mol. The van der Waals surface area contributed by atoms with Crippen LogP contribution in [0.1, 0.15) is 18.4 Å².